The number of hydrogen-bond donors (Lipinski definition) is 1. The molecule has 0 fully saturated rings. The van der Waals surface area contributed by atoms with Crippen molar-refractivity contribution in [3.8, 4) is 0 Å². The molecule has 0 spiro atoms. The molecular formula is C14H9BrCl2N2O3. The zero-order valence-electron chi connectivity index (χ0n) is 11.0. The Bertz CT molecular complexity index is 725. The number of halogens is 3. The number of benzene rings is 1. The number of nitrogens with one attached hydrogen (secondary N) is 1. The summed E-state index contributed by atoms with van der Waals surface area (Å²) in [4.78, 5) is 27.4. The van der Waals surface area contributed by atoms with Gasteiger partial charge in [0.15, 0.2) is 12.3 Å². The van der Waals surface area contributed by atoms with Gasteiger partial charge in [0.05, 0.1) is 10.7 Å². The molecule has 0 saturated heterocycles. The van der Waals surface area contributed by atoms with Gasteiger partial charge in [0, 0.05) is 4.47 Å². The van der Waals surface area contributed by atoms with Crippen LogP contribution in [0.4, 0.5) is 5.69 Å². The van der Waals surface area contributed by atoms with Gasteiger partial charge in [0.2, 0.25) is 0 Å². The van der Waals surface area contributed by atoms with Gasteiger partial charge >= 0.3 is 5.97 Å². The molecule has 0 aliphatic heterocycles. The van der Waals surface area contributed by atoms with E-state index in [-0.39, 0.29) is 15.9 Å². The van der Waals surface area contributed by atoms with Crippen LogP contribution < -0.4 is 5.32 Å². The van der Waals surface area contributed by atoms with Gasteiger partial charge in [-0.25, -0.2) is 9.78 Å². The summed E-state index contributed by atoms with van der Waals surface area (Å²) in [5.74, 6) is -1.31. The Hall–Kier alpha value is -1.63. The third-order valence-electron chi connectivity index (χ3n) is 2.49. The van der Waals surface area contributed by atoms with Crippen LogP contribution in [-0.2, 0) is 9.53 Å². The van der Waals surface area contributed by atoms with E-state index in [1.807, 2.05) is 6.07 Å². The minimum atomic E-state index is -0.824. The molecule has 2 aromatic rings. The zero-order chi connectivity index (χ0) is 16.1. The molecule has 0 unspecified atom stereocenters. The first-order chi connectivity index (χ1) is 10.5. The SMILES string of the molecule is O=C(COC(=O)c1nc(Cl)ccc1Cl)Nc1ccccc1Br. The van der Waals surface area contributed by atoms with Crippen LogP contribution in [0.15, 0.2) is 40.9 Å². The molecule has 1 amide bonds. The molecule has 5 nitrogen and oxygen atoms in total. The Balaban J connectivity index is 1.95. The minimum Gasteiger partial charge on any atom is -0.451 e. The first-order valence-corrected chi connectivity index (χ1v) is 7.56. The first kappa shape index (κ1) is 16.7. The highest BCUT2D eigenvalue weighted by Gasteiger charge is 2.16. The van der Waals surface area contributed by atoms with Crippen molar-refractivity contribution >= 4 is 56.7 Å². The Morgan fingerprint density at radius 2 is 1.91 bits per heavy atom. The molecule has 22 heavy (non-hydrogen) atoms. The molecule has 0 radical (unpaired) electrons. The summed E-state index contributed by atoms with van der Waals surface area (Å²) in [6.45, 7) is -0.468. The second-order valence-electron chi connectivity index (χ2n) is 4.07. The largest absolute Gasteiger partial charge is 0.451 e. The van der Waals surface area contributed by atoms with Crippen molar-refractivity contribution in [2.75, 3.05) is 11.9 Å². The predicted octanol–water partition coefficient (Wildman–Crippen LogP) is 3.95. The van der Waals surface area contributed by atoms with E-state index in [0.29, 0.717) is 10.2 Å². The highest BCUT2D eigenvalue weighted by molar-refractivity contribution is 9.10. The highest BCUT2D eigenvalue weighted by Crippen LogP contribution is 2.21. The molecule has 1 aromatic heterocycles. The summed E-state index contributed by atoms with van der Waals surface area (Å²) in [7, 11) is 0. The Morgan fingerprint density at radius 1 is 1.18 bits per heavy atom. The highest BCUT2D eigenvalue weighted by atomic mass is 79.9. The molecule has 2 rings (SSSR count). The lowest BCUT2D eigenvalue weighted by Gasteiger charge is -2.08. The summed E-state index contributed by atoms with van der Waals surface area (Å²) < 4.78 is 5.58. The lowest BCUT2D eigenvalue weighted by molar-refractivity contribution is -0.119. The van der Waals surface area contributed by atoms with Crippen LogP contribution in [0.5, 0.6) is 0 Å². The van der Waals surface area contributed by atoms with Crippen molar-refractivity contribution in [1.29, 1.82) is 0 Å². The monoisotopic (exact) mass is 402 g/mol. The zero-order valence-corrected chi connectivity index (χ0v) is 14.1. The van der Waals surface area contributed by atoms with E-state index in [2.05, 4.69) is 26.2 Å². The van der Waals surface area contributed by atoms with Crippen LogP contribution in [-0.4, -0.2) is 23.5 Å². The summed E-state index contributed by atoms with van der Waals surface area (Å²) in [6, 6.07) is 9.93. The Kier molecular flexibility index (Phi) is 5.76. The van der Waals surface area contributed by atoms with Crippen molar-refractivity contribution in [3.05, 3.63) is 56.7 Å². The van der Waals surface area contributed by atoms with Crippen LogP contribution >= 0.6 is 39.1 Å². The summed E-state index contributed by atoms with van der Waals surface area (Å²) >= 11 is 14.8. The number of pyridine rings is 1. The molecule has 8 heteroatoms. The maximum absolute atomic E-state index is 11.8. The maximum atomic E-state index is 11.8. The van der Waals surface area contributed by atoms with E-state index in [1.165, 1.54) is 12.1 Å². The fourth-order valence-electron chi connectivity index (χ4n) is 1.51. The lowest BCUT2D eigenvalue weighted by atomic mass is 10.3. The van der Waals surface area contributed by atoms with E-state index in [0.717, 1.165) is 0 Å². The fraction of sp³-hybridized carbons (Fsp3) is 0.0714. The van der Waals surface area contributed by atoms with E-state index < -0.39 is 18.5 Å². The Labute approximate surface area is 144 Å². The van der Waals surface area contributed by atoms with Crippen molar-refractivity contribution in [2.45, 2.75) is 0 Å². The lowest BCUT2D eigenvalue weighted by Crippen LogP contribution is -2.21. The van der Waals surface area contributed by atoms with Crippen LogP contribution in [0.25, 0.3) is 0 Å². The number of para-hydroxylation sites is 1. The molecule has 1 heterocycles. The van der Waals surface area contributed by atoms with Crippen LogP contribution in [0.2, 0.25) is 10.2 Å². The van der Waals surface area contributed by atoms with Gasteiger partial charge in [0.25, 0.3) is 5.91 Å². The van der Waals surface area contributed by atoms with Crippen molar-refractivity contribution in [1.82, 2.24) is 4.98 Å². The van der Waals surface area contributed by atoms with Crippen molar-refractivity contribution < 1.29 is 14.3 Å². The molecule has 0 bridgehead atoms. The van der Waals surface area contributed by atoms with Crippen molar-refractivity contribution in [2.24, 2.45) is 0 Å². The van der Waals surface area contributed by atoms with Crippen LogP contribution in [0.3, 0.4) is 0 Å². The first-order valence-electron chi connectivity index (χ1n) is 6.01. The number of ether oxygens (including phenoxy) is 1. The van der Waals surface area contributed by atoms with Gasteiger partial charge in [0.1, 0.15) is 5.15 Å². The third kappa shape index (κ3) is 4.43. The molecule has 1 aromatic carbocycles. The molecule has 0 aliphatic rings. The third-order valence-corrected chi connectivity index (χ3v) is 3.69. The van der Waals surface area contributed by atoms with Crippen LogP contribution in [0.1, 0.15) is 10.5 Å². The van der Waals surface area contributed by atoms with Gasteiger partial charge in [-0.05, 0) is 40.2 Å². The van der Waals surface area contributed by atoms with Gasteiger partial charge in [-0.2, -0.15) is 0 Å². The standard InChI is InChI=1S/C14H9BrCl2N2O3/c15-8-3-1-2-4-10(8)18-12(20)7-22-14(21)13-9(16)5-6-11(17)19-13/h1-6H,7H2,(H,18,20). The Morgan fingerprint density at radius 3 is 2.64 bits per heavy atom. The van der Waals surface area contributed by atoms with E-state index >= 15 is 0 Å². The summed E-state index contributed by atoms with van der Waals surface area (Å²) in [6.07, 6.45) is 0. The number of hydrogen-bond acceptors (Lipinski definition) is 4. The topological polar surface area (TPSA) is 68.3 Å². The molecule has 1 N–H and O–H groups in total. The summed E-state index contributed by atoms with van der Waals surface area (Å²) in [5, 5.41) is 2.80. The van der Waals surface area contributed by atoms with E-state index in [4.69, 9.17) is 27.9 Å². The second kappa shape index (κ2) is 7.58. The van der Waals surface area contributed by atoms with Gasteiger partial charge in [-0.3, -0.25) is 4.79 Å². The quantitative estimate of drug-likeness (QED) is 0.619. The fourth-order valence-corrected chi connectivity index (χ4v) is 2.22. The number of esters is 1. The number of aromatic nitrogens is 1. The van der Waals surface area contributed by atoms with E-state index in [1.54, 1.807) is 18.2 Å². The number of carbonyl (C=O) groups excluding carboxylic acids is 2. The number of carbonyl (C=O) groups is 2. The maximum Gasteiger partial charge on any atom is 0.359 e. The van der Waals surface area contributed by atoms with E-state index in [9.17, 15) is 9.59 Å². The summed E-state index contributed by atoms with van der Waals surface area (Å²) in [5.41, 5.74) is 0.435. The number of nitrogens with zero attached hydrogens (tertiary/aromatic N) is 1. The molecule has 0 aliphatic carbocycles. The molecular weight excluding hydrogens is 395 g/mol. The molecule has 114 valence electrons. The normalized spacial score (nSPS) is 10.1. The average Bonchev–Trinajstić information content (AvgIpc) is 2.49. The predicted molar refractivity (Wildman–Crippen MR) is 87.3 cm³/mol. The van der Waals surface area contributed by atoms with Gasteiger partial charge in [-0.1, -0.05) is 35.3 Å². The van der Waals surface area contributed by atoms with Gasteiger partial charge in [-0.15, -0.1) is 0 Å². The smallest absolute Gasteiger partial charge is 0.359 e. The average molecular weight is 404 g/mol. The number of anilines is 1. The van der Waals surface area contributed by atoms with Crippen LogP contribution in [0, 0.1) is 0 Å². The minimum absolute atomic E-state index is 0.0978. The molecule has 0 saturated carbocycles. The second-order valence-corrected chi connectivity index (χ2v) is 5.72. The van der Waals surface area contributed by atoms with Crippen molar-refractivity contribution in [3.63, 3.8) is 0 Å². The molecule has 0 atom stereocenters. The number of amides is 1. The number of rotatable bonds is 4. The van der Waals surface area contributed by atoms with Gasteiger partial charge < -0.3 is 10.1 Å².